The van der Waals surface area contributed by atoms with Crippen molar-refractivity contribution in [2.75, 3.05) is 24.2 Å². The number of nitrogen functional groups attached to an aromatic ring is 1. The number of nitrogens with two attached hydrogens (primary N) is 1. The summed E-state index contributed by atoms with van der Waals surface area (Å²) in [5.74, 6) is 0.172. The summed E-state index contributed by atoms with van der Waals surface area (Å²) in [6, 6.07) is 12.2. The van der Waals surface area contributed by atoms with Crippen LogP contribution in [0.4, 0.5) is 11.4 Å². The molecule has 2 aromatic carbocycles. The summed E-state index contributed by atoms with van der Waals surface area (Å²) in [6.45, 7) is -0.0737. The monoisotopic (exact) mass is 274 g/mol. The third-order valence-corrected chi connectivity index (χ3v) is 2.94. The smallest absolute Gasteiger partial charge is 0.116 e. The normalized spacial score (nSPS) is 12.1. The second kappa shape index (κ2) is 6.27. The van der Waals surface area contributed by atoms with Crippen molar-refractivity contribution in [3.05, 3.63) is 42.5 Å². The van der Waals surface area contributed by atoms with E-state index in [0.29, 0.717) is 5.69 Å². The molecule has 1 unspecified atom stereocenters. The molecule has 2 aromatic rings. The molecule has 0 radical (unpaired) electrons. The van der Waals surface area contributed by atoms with E-state index in [1.807, 2.05) is 6.07 Å². The van der Waals surface area contributed by atoms with Gasteiger partial charge in [-0.2, -0.15) is 0 Å². The van der Waals surface area contributed by atoms with Crippen molar-refractivity contribution in [2.24, 2.45) is 0 Å². The number of aliphatic hydroxyl groups is 2. The van der Waals surface area contributed by atoms with Gasteiger partial charge in [0, 0.05) is 23.5 Å². The fourth-order valence-corrected chi connectivity index (χ4v) is 1.92. The Bertz CT molecular complexity index is 587. The quantitative estimate of drug-likeness (QED) is 0.531. The molecule has 0 amide bonds. The van der Waals surface area contributed by atoms with Crippen molar-refractivity contribution >= 4 is 11.4 Å². The van der Waals surface area contributed by atoms with Gasteiger partial charge < -0.3 is 26.4 Å². The highest BCUT2D eigenvalue weighted by Gasteiger charge is 2.08. The molecule has 1 atom stereocenters. The van der Waals surface area contributed by atoms with Gasteiger partial charge in [0.05, 0.1) is 12.7 Å². The summed E-state index contributed by atoms with van der Waals surface area (Å²) in [4.78, 5) is 0. The van der Waals surface area contributed by atoms with E-state index in [0.717, 1.165) is 16.8 Å². The van der Waals surface area contributed by atoms with E-state index in [1.54, 1.807) is 36.4 Å². The molecule has 5 heteroatoms. The van der Waals surface area contributed by atoms with Crippen molar-refractivity contribution in [1.29, 1.82) is 0 Å². The van der Waals surface area contributed by atoms with Crippen LogP contribution in [0.25, 0.3) is 11.1 Å². The van der Waals surface area contributed by atoms with Crippen LogP contribution in [0.1, 0.15) is 0 Å². The van der Waals surface area contributed by atoms with E-state index < -0.39 is 6.10 Å². The zero-order chi connectivity index (χ0) is 14.5. The lowest BCUT2D eigenvalue weighted by Crippen LogP contribution is -2.23. The van der Waals surface area contributed by atoms with E-state index in [9.17, 15) is 10.2 Å². The maximum atomic E-state index is 9.57. The highest BCUT2D eigenvalue weighted by Crippen LogP contribution is 2.31. The van der Waals surface area contributed by atoms with Crippen LogP contribution in [0.3, 0.4) is 0 Å². The number of benzene rings is 2. The van der Waals surface area contributed by atoms with Crippen molar-refractivity contribution in [1.82, 2.24) is 0 Å². The number of aromatic hydroxyl groups is 1. The van der Waals surface area contributed by atoms with Crippen LogP contribution >= 0.6 is 0 Å². The Morgan fingerprint density at radius 3 is 2.65 bits per heavy atom. The lowest BCUT2D eigenvalue weighted by Gasteiger charge is -2.15. The molecule has 0 aliphatic carbocycles. The highest BCUT2D eigenvalue weighted by atomic mass is 16.3. The molecule has 0 spiro atoms. The fraction of sp³-hybridized carbons (Fsp3) is 0.200. The van der Waals surface area contributed by atoms with Gasteiger partial charge in [0.1, 0.15) is 5.75 Å². The largest absolute Gasteiger partial charge is 0.508 e. The predicted octanol–water partition coefficient (Wildman–Crippen LogP) is 1.41. The SMILES string of the molecule is Nc1ccc(NCC(O)CO)c(-c2cccc(O)c2)c1. The Morgan fingerprint density at radius 2 is 1.95 bits per heavy atom. The van der Waals surface area contributed by atoms with Crippen LogP contribution in [0, 0.1) is 0 Å². The van der Waals surface area contributed by atoms with Gasteiger partial charge in [-0.15, -0.1) is 0 Å². The van der Waals surface area contributed by atoms with Gasteiger partial charge in [-0.05, 0) is 35.9 Å². The van der Waals surface area contributed by atoms with E-state index >= 15 is 0 Å². The molecular formula is C15H18N2O3. The molecule has 106 valence electrons. The summed E-state index contributed by atoms with van der Waals surface area (Å²) < 4.78 is 0. The first-order valence-corrected chi connectivity index (χ1v) is 6.32. The molecule has 0 saturated heterocycles. The Kier molecular flexibility index (Phi) is 4.45. The van der Waals surface area contributed by atoms with Crippen LogP contribution in [0.2, 0.25) is 0 Å². The molecule has 0 saturated carbocycles. The average molecular weight is 274 g/mol. The van der Waals surface area contributed by atoms with Gasteiger partial charge in [0.2, 0.25) is 0 Å². The third kappa shape index (κ3) is 3.40. The van der Waals surface area contributed by atoms with E-state index in [2.05, 4.69) is 5.32 Å². The summed E-state index contributed by atoms with van der Waals surface area (Å²) in [6.07, 6.45) is -0.829. The van der Waals surface area contributed by atoms with Gasteiger partial charge in [0.25, 0.3) is 0 Å². The summed E-state index contributed by atoms with van der Waals surface area (Å²) in [5.41, 5.74) is 8.83. The van der Waals surface area contributed by atoms with Gasteiger partial charge in [-0.1, -0.05) is 12.1 Å². The number of aliphatic hydroxyl groups excluding tert-OH is 2. The first-order chi connectivity index (χ1) is 9.60. The Hall–Kier alpha value is -2.24. The first-order valence-electron chi connectivity index (χ1n) is 6.32. The number of phenols is 1. The summed E-state index contributed by atoms with van der Waals surface area (Å²) in [7, 11) is 0. The number of rotatable bonds is 5. The topological polar surface area (TPSA) is 98.7 Å². The number of anilines is 2. The zero-order valence-corrected chi connectivity index (χ0v) is 11.0. The first kappa shape index (κ1) is 14.2. The highest BCUT2D eigenvalue weighted by molar-refractivity contribution is 5.81. The predicted molar refractivity (Wildman–Crippen MR) is 79.5 cm³/mol. The maximum Gasteiger partial charge on any atom is 0.116 e. The minimum atomic E-state index is -0.829. The number of phenolic OH excluding ortho intramolecular Hbond substituents is 1. The number of nitrogens with one attached hydrogen (secondary N) is 1. The van der Waals surface area contributed by atoms with Crippen LogP contribution in [0.15, 0.2) is 42.5 Å². The molecule has 0 bridgehead atoms. The average Bonchev–Trinajstić information content (AvgIpc) is 2.45. The molecule has 5 nitrogen and oxygen atoms in total. The summed E-state index contributed by atoms with van der Waals surface area (Å²) in [5, 5.41) is 30.9. The second-order valence-electron chi connectivity index (χ2n) is 4.57. The van der Waals surface area contributed by atoms with E-state index in [4.69, 9.17) is 10.8 Å². The molecule has 2 rings (SSSR count). The van der Waals surface area contributed by atoms with Crippen LogP contribution in [0.5, 0.6) is 5.75 Å². The fourth-order valence-electron chi connectivity index (χ4n) is 1.92. The molecule has 0 fully saturated rings. The second-order valence-corrected chi connectivity index (χ2v) is 4.57. The standard InChI is InChI=1S/C15H18N2O3/c16-11-4-5-15(17-8-13(20)9-18)14(7-11)10-2-1-3-12(19)6-10/h1-7,13,17-20H,8-9,16H2. The molecule has 0 aromatic heterocycles. The van der Waals surface area contributed by atoms with E-state index in [-0.39, 0.29) is 18.9 Å². The minimum absolute atomic E-state index is 0.172. The van der Waals surface area contributed by atoms with Gasteiger partial charge >= 0.3 is 0 Å². The Labute approximate surface area is 117 Å². The molecule has 0 aliphatic rings. The van der Waals surface area contributed by atoms with E-state index in [1.165, 1.54) is 0 Å². The van der Waals surface area contributed by atoms with Gasteiger partial charge in [-0.25, -0.2) is 0 Å². The van der Waals surface area contributed by atoms with Crippen molar-refractivity contribution in [2.45, 2.75) is 6.10 Å². The molecule has 0 heterocycles. The Balaban J connectivity index is 2.33. The van der Waals surface area contributed by atoms with Crippen LogP contribution < -0.4 is 11.1 Å². The molecular weight excluding hydrogens is 256 g/mol. The third-order valence-electron chi connectivity index (χ3n) is 2.94. The Morgan fingerprint density at radius 1 is 1.15 bits per heavy atom. The maximum absolute atomic E-state index is 9.57. The molecule has 6 N–H and O–H groups in total. The zero-order valence-electron chi connectivity index (χ0n) is 11.0. The summed E-state index contributed by atoms with van der Waals surface area (Å²) >= 11 is 0. The number of hydrogen-bond donors (Lipinski definition) is 5. The van der Waals surface area contributed by atoms with Crippen molar-refractivity contribution < 1.29 is 15.3 Å². The lowest BCUT2D eigenvalue weighted by atomic mass is 10.0. The van der Waals surface area contributed by atoms with Gasteiger partial charge in [0.15, 0.2) is 0 Å². The molecule has 20 heavy (non-hydrogen) atoms. The van der Waals surface area contributed by atoms with Gasteiger partial charge in [-0.3, -0.25) is 0 Å². The lowest BCUT2D eigenvalue weighted by molar-refractivity contribution is 0.105. The van der Waals surface area contributed by atoms with Crippen LogP contribution in [-0.4, -0.2) is 34.6 Å². The van der Waals surface area contributed by atoms with Crippen LogP contribution in [-0.2, 0) is 0 Å². The molecule has 0 aliphatic heterocycles. The number of hydrogen-bond acceptors (Lipinski definition) is 5. The van der Waals surface area contributed by atoms with Crippen molar-refractivity contribution in [3.63, 3.8) is 0 Å². The van der Waals surface area contributed by atoms with Crippen molar-refractivity contribution in [3.8, 4) is 16.9 Å². The minimum Gasteiger partial charge on any atom is -0.508 e.